The largest absolute Gasteiger partial charge is 0.478 e. The number of aromatic carboxylic acids is 1. The Balaban J connectivity index is 2.47. The number of nitrogens with zero attached hydrogens (tertiary/aromatic N) is 1. The second-order valence-corrected chi connectivity index (χ2v) is 7.68. The van der Waals surface area contributed by atoms with Crippen molar-refractivity contribution in [1.82, 2.24) is 0 Å². The molecule has 0 spiro atoms. The third kappa shape index (κ3) is 3.46. The highest BCUT2D eigenvalue weighted by Gasteiger charge is 2.28. The van der Waals surface area contributed by atoms with Crippen molar-refractivity contribution in [2.24, 2.45) is 0 Å². The first kappa shape index (κ1) is 16.5. The van der Waals surface area contributed by atoms with E-state index < -0.39 is 22.1 Å². The minimum atomic E-state index is -3.93. The van der Waals surface area contributed by atoms with Crippen LogP contribution in [0.2, 0.25) is 0 Å². The Morgan fingerprint density at radius 2 is 1.95 bits per heavy atom. The maximum absolute atomic E-state index is 12.7. The molecule has 1 heterocycles. The fourth-order valence-corrected chi connectivity index (χ4v) is 4.66. The van der Waals surface area contributed by atoms with Gasteiger partial charge in [-0.1, -0.05) is 18.2 Å². The average Bonchev–Trinajstić information content (AvgIpc) is 2.96. The molecule has 6 nitrogen and oxygen atoms in total. The number of hydrogen-bond donors (Lipinski definition) is 2. The Kier molecular flexibility index (Phi) is 4.84. The number of carbonyl (C=O) groups is 1. The molecular weight excluding hydrogens is 326 g/mol. The van der Waals surface area contributed by atoms with Gasteiger partial charge in [0.15, 0.2) is 0 Å². The van der Waals surface area contributed by atoms with Crippen molar-refractivity contribution in [3.63, 3.8) is 0 Å². The highest BCUT2D eigenvalue weighted by atomic mass is 32.2. The SMILES string of the molecule is CC(O)CN(c1ccccc1)S(=O)(=O)c1cc(C(=O)O)cs1. The van der Waals surface area contributed by atoms with Crippen molar-refractivity contribution in [3.05, 3.63) is 47.3 Å². The van der Waals surface area contributed by atoms with Gasteiger partial charge in [0.25, 0.3) is 10.0 Å². The summed E-state index contributed by atoms with van der Waals surface area (Å²) in [5.41, 5.74) is 0.335. The third-order valence-electron chi connectivity index (χ3n) is 2.84. The van der Waals surface area contributed by atoms with Crippen LogP contribution in [0.1, 0.15) is 17.3 Å². The molecule has 2 N–H and O–H groups in total. The quantitative estimate of drug-likeness (QED) is 0.838. The summed E-state index contributed by atoms with van der Waals surface area (Å²) < 4.78 is 26.5. The molecule has 1 aromatic carbocycles. The van der Waals surface area contributed by atoms with E-state index in [-0.39, 0.29) is 16.3 Å². The fraction of sp³-hybridized carbons (Fsp3) is 0.214. The lowest BCUT2D eigenvalue weighted by atomic mass is 10.3. The molecule has 1 unspecified atom stereocenters. The predicted octanol–water partition coefficient (Wildman–Crippen LogP) is 2.02. The second-order valence-electron chi connectivity index (χ2n) is 4.68. The lowest BCUT2D eigenvalue weighted by Crippen LogP contribution is -2.36. The van der Waals surface area contributed by atoms with Crippen LogP contribution in [0.25, 0.3) is 0 Å². The molecule has 2 aromatic rings. The standard InChI is InChI=1S/C14H15NO5S2/c1-10(16)8-15(12-5-3-2-4-6-12)22(19,20)13-7-11(9-21-13)14(17)18/h2-7,9-10,16H,8H2,1H3,(H,17,18). The number of rotatable bonds is 6. The van der Waals surface area contributed by atoms with Crippen LogP contribution in [-0.4, -0.2) is 37.2 Å². The minimum Gasteiger partial charge on any atom is -0.478 e. The van der Waals surface area contributed by atoms with Gasteiger partial charge in [-0.2, -0.15) is 0 Å². The molecule has 22 heavy (non-hydrogen) atoms. The van der Waals surface area contributed by atoms with Crippen LogP contribution < -0.4 is 4.31 Å². The number of aliphatic hydroxyl groups excluding tert-OH is 1. The lowest BCUT2D eigenvalue weighted by molar-refractivity contribution is 0.0697. The summed E-state index contributed by atoms with van der Waals surface area (Å²) in [5.74, 6) is -1.18. The van der Waals surface area contributed by atoms with Crippen LogP contribution >= 0.6 is 11.3 Å². The lowest BCUT2D eigenvalue weighted by Gasteiger charge is -2.24. The van der Waals surface area contributed by atoms with Crippen molar-refractivity contribution < 1.29 is 23.4 Å². The molecule has 118 valence electrons. The Morgan fingerprint density at radius 3 is 2.45 bits per heavy atom. The number of anilines is 1. The van der Waals surface area contributed by atoms with Crippen molar-refractivity contribution in [1.29, 1.82) is 0 Å². The van der Waals surface area contributed by atoms with Gasteiger partial charge in [0.1, 0.15) is 4.21 Å². The number of carboxylic acids is 1. The van der Waals surface area contributed by atoms with Crippen molar-refractivity contribution in [3.8, 4) is 0 Å². The maximum atomic E-state index is 12.7. The maximum Gasteiger partial charge on any atom is 0.336 e. The molecule has 8 heteroatoms. The van der Waals surface area contributed by atoms with Gasteiger partial charge in [-0.15, -0.1) is 11.3 Å². The second kappa shape index (κ2) is 6.47. The number of sulfonamides is 1. The van der Waals surface area contributed by atoms with E-state index in [1.807, 2.05) is 0 Å². The number of para-hydroxylation sites is 1. The van der Waals surface area contributed by atoms with Crippen molar-refractivity contribution in [2.45, 2.75) is 17.2 Å². The zero-order chi connectivity index (χ0) is 16.3. The van der Waals surface area contributed by atoms with Gasteiger partial charge in [-0.3, -0.25) is 4.31 Å². The first-order valence-corrected chi connectivity index (χ1v) is 8.72. The van der Waals surface area contributed by atoms with E-state index in [9.17, 15) is 18.3 Å². The molecule has 0 aliphatic heterocycles. The summed E-state index contributed by atoms with van der Waals surface area (Å²) in [6.45, 7) is 1.37. The zero-order valence-corrected chi connectivity index (χ0v) is 13.3. The average molecular weight is 341 g/mol. The summed E-state index contributed by atoms with van der Waals surface area (Å²) >= 11 is 0.843. The van der Waals surface area contributed by atoms with E-state index in [0.29, 0.717) is 5.69 Å². The van der Waals surface area contributed by atoms with Gasteiger partial charge in [-0.05, 0) is 25.1 Å². The van der Waals surface area contributed by atoms with E-state index in [1.54, 1.807) is 30.3 Å². The van der Waals surface area contributed by atoms with Crippen LogP contribution in [-0.2, 0) is 10.0 Å². The predicted molar refractivity (Wildman–Crippen MR) is 83.9 cm³/mol. The highest BCUT2D eigenvalue weighted by Crippen LogP contribution is 2.28. The molecule has 0 aliphatic carbocycles. The van der Waals surface area contributed by atoms with Crippen LogP contribution in [0.3, 0.4) is 0 Å². The highest BCUT2D eigenvalue weighted by molar-refractivity contribution is 7.94. The van der Waals surface area contributed by atoms with Gasteiger partial charge >= 0.3 is 5.97 Å². The van der Waals surface area contributed by atoms with Gasteiger partial charge in [0, 0.05) is 5.38 Å². The monoisotopic (exact) mass is 341 g/mol. The Hall–Kier alpha value is -1.90. The Labute approximate surface area is 132 Å². The van der Waals surface area contributed by atoms with Crippen molar-refractivity contribution in [2.75, 3.05) is 10.8 Å². The van der Waals surface area contributed by atoms with E-state index in [4.69, 9.17) is 5.11 Å². The molecule has 0 amide bonds. The fourth-order valence-electron chi connectivity index (χ4n) is 1.85. The zero-order valence-electron chi connectivity index (χ0n) is 11.7. The van der Waals surface area contributed by atoms with E-state index in [1.165, 1.54) is 12.3 Å². The molecule has 0 saturated carbocycles. The molecule has 1 aromatic heterocycles. The van der Waals surface area contributed by atoms with Crippen molar-refractivity contribution >= 4 is 33.0 Å². The van der Waals surface area contributed by atoms with E-state index >= 15 is 0 Å². The van der Waals surface area contributed by atoms with Gasteiger partial charge < -0.3 is 10.2 Å². The molecule has 0 bridgehead atoms. The smallest absolute Gasteiger partial charge is 0.336 e. The number of aliphatic hydroxyl groups is 1. The summed E-state index contributed by atoms with van der Waals surface area (Å²) in [5, 5.41) is 19.8. The Morgan fingerprint density at radius 1 is 1.32 bits per heavy atom. The van der Waals surface area contributed by atoms with Gasteiger partial charge in [-0.25, -0.2) is 13.2 Å². The van der Waals surface area contributed by atoms with E-state index in [2.05, 4.69) is 0 Å². The number of hydrogen-bond acceptors (Lipinski definition) is 5. The van der Waals surface area contributed by atoms with Crippen LogP contribution in [0, 0.1) is 0 Å². The van der Waals surface area contributed by atoms with Crippen LogP contribution in [0.4, 0.5) is 5.69 Å². The minimum absolute atomic E-state index is 0.0746. The normalized spacial score (nSPS) is 12.8. The first-order valence-electron chi connectivity index (χ1n) is 6.40. The molecule has 0 aliphatic rings. The third-order valence-corrected chi connectivity index (χ3v) is 6.05. The number of carboxylic acid groups (broad SMARTS) is 1. The number of benzene rings is 1. The molecule has 0 saturated heterocycles. The molecule has 1 atom stereocenters. The Bertz CT molecular complexity index is 753. The molecular formula is C14H15NO5S2. The summed E-state index contributed by atoms with van der Waals surface area (Å²) in [4.78, 5) is 10.9. The van der Waals surface area contributed by atoms with Gasteiger partial charge in [0.05, 0.1) is 23.9 Å². The summed E-state index contributed by atoms with van der Waals surface area (Å²) in [6.07, 6.45) is -0.867. The summed E-state index contributed by atoms with van der Waals surface area (Å²) in [6, 6.07) is 9.50. The topological polar surface area (TPSA) is 94.9 Å². The summed E-state index contributed by atoms with van der Waals surface area (Å²) in [7, 11) is -3.93. The molecule has 2 rings (SSSR count). The molecule has 0 fully saturated rings. The first-order chi connectivity index (χ1) is 10.3. The molecule has 0 radical (unpaired) electrons. The van der Waals surface area contributed by atoms with Crippen LogP contribution in [0.15, 0.2) is 46.0 Å². The van der Waals surface area contributed by atoms with Gasteiger partial charge in [0.2, 0.25) is 0 Å². The van der Waals surface area contributed by atoms with E-state index in [0.717, 1.165) is 21.7 Å². The number of thiophene rings is 1. The van der Waals surface area contributed by atoms with Crippen LogP contribution in [0.5, 0.6) is 0 Å².